The van der Waals surface area contributed by atoms with Crippen molar-refractivity contribution in [2.45, 2.75) is 13.0 Å². The van der Waals surface area contributed by atoms with Crippen LogP contribution in [0.25, 0.3) is 0 Å². The molecule has 0 spiro atoms. The SMILES string of the molecule is CC(NC(=O)O)C(=O)NNC(=O)c1ccc(Cl)cc1. The van der Waals surface area contributed by atoms with Gasteiger partial charge in [-0.1, -0.05) is 11.6 Å². The number of benzene rings is 1. The lowest BCUT2D eigenvalue weighted by Crippen LogP contribution is -2.50. The Bertz CT molecular complexity index is 489. The number of rotatable bonds is 3. The Morgan fingerprint density at radius 1 is 1.16 bits per heavy atom. The number of nitrogens with one attached hydrogen (secondary N) is 3. The van der Waals surface area contributed by atoms with Gasteiger partial charge >= 0.3 is 6.09 Å². The number of hydrogen-bond donors (Lipinski definition) is 4. The van der Waals surface area contributed by atoms with E-state index in [0.717, 1.165) is 0 Å². The zero-order chi connectivity index (χ0) is 14.4. The van der Waals surface area contributed by atoms with Gasteiger partial charge in [0.15, 0.2) is 0 Å². The molecule has 4 N–H and O–H groups in total. The molecule has 1 aromatic carbocycles. The largest absolute Gasteiger partial charge is 0.465 e. The Labute approximate surface area is 113 Å². The number of carboxylic acid groups (broad SMARTS) is 1. The van der Waals surface area contributed by atoms with Gasteiger partial charge in [0.1, 0.15) is 6.04 Å². The molecule has 0 saturated heterocycles. The summed E-state index contributed by atoms with van der Waals surface area (Å²) in [6.07, 6.45) is -1.33. The van der Waals surface area contributed by atoms with Crippen molar-refractivity contribution < 1.29 is 19.5 Å². The number of amides is 3. The number of hydrazine groups is 1. The molecule has 7 nitrogen and oxygen atoms in total. The lowest BCUT2D eigenvalue weighted by Gasteiger charge is -2.12. The van der Waals surface area contributed by atoms with Crippen LogP contribution < -0.4 is 16.2 Å². The fourth-order valence-corrected chi connectivity index (χ4v) is 1.28. The lowest BCUT2D eigenvalue weighted by atomic mass is 10.2. The second kappa shape index (κ2) is 6.60. The summed E-state index contributed by atoms with van der Waals surface area (Å²) in [4.78, 5) is 33.3. The van der Waals surface area contributed by atoms with Crippen LogP contribution in [0.4, 0.5) is 4.79 Å². The molecule has 0 heterocycles. The van der Waals surface area contributed by atoms with Gasteiger partial charge in [-0.15, -0.1) is 0 Å². The third-order valence-electron chi connectivity index (χ3n) is 2.14. The highest BCUT2D eigenvalue weighted by molar-refractivity contribution is 6.30. The molecule has 0 bridgehead atoms. The first kappa shape index (κ1) is 14.8. The zero-order valence-corrected chi connectivity index (χ0v) is 10.7. The van der Waals surface area contributed by atoms with Crippen LogP contribution in [-0.2, 0) is 4.79 Å². The van der Waals surface area contributed by atoms with Gasteiger partial charge in [-0.3, -0.25) is 20.4 Å². The van der Waals surface area contributed by atoms with Gasteiger partial charge in [0, 0.05) is 10.6 Å². The first-order valence-electron chi connectivity index (χ1n) is 5.25. The molecule has 0 radical (unpaired) electrons. The lowest BCUT2D eigenvalue weighted by molar-refractivity contribution is -0.123. The van der Waals surface area contributed by atoms with Crippen LogP contribution in [0.15, 0.2) is 24.3 Å². The van der Waals surface area contributed by atoms with E-state index in [1.54, 1.807) is 0 Å². The molecule has 1 atom stereocenters. The van der Waals surface area contributed by atoms with Crippen molar-refractivity contribution in [3.8, 4) is 0 Å². The summed E-state index contributed by atoms with van der Waals surface area (Å²) in [6, 6.07) is 5.06. The van der Waals surface area contributed by atoms with Gasteiger partial charge in [-0.2, -0.15) is 0 Å². The molecule has 0 saturated carbocycles. The third kappa shape index (κ3) is 4.84. The Hall–Kier alpha value is -2.28. The molecule has 19 heavy (non-hydrogen) atoms. The topological polar surface area (TPSA) is 108 Å². The molecule has 0 aliphatic rings. The highest BCUT2D eigenvalue weighted by Crippen LogP contribution is 2.08. The first-order chi connectivity index (χ1) is 8.90. The number of carbonyl (C=O) groups is 3. The van der Waals surface area contributed by atoms with Gasteiger partial charge in [0.05, 0.1) is 0 Å². The monoisotopic (exact) mass is 285 g/mol. The van der Waals surface area contributed by atoms with Crippen molar-refractivity contribution in [1.82, 2.24) is 16.2 Å². The molecule has 3 amide bonds. The van der Waals surface area contributed by atoms with Crippen molar-refractivity contribution in [2.75, 3.05) is 0 Å². The van der Waals surface area contributed by atoms with Crippen LogP contribution in [0.1, 0.15) is 17.3 Å². The molecular formula is C11H12ClN3O4. The summed E-state index contributed by atoms with van der Waals surface area (Å²) in [5, 5.41) is 10.9. The van der Waals surface area contributed by atoms with Gasteiger partial charge in [0.25, 0.3) is 11.8 Å². The molecule has 8 heteroatoms. The van der Waals surface area contributed by atoms with Crippen LogP contribution in [0.5, 0.6) is 0 Å². The van der Waals surface area contributed by atoms with Crippen molar-refractivity contribution in [3.05, 3.63) is 34.9 Å². The van der Waals surface area contributed by atoms with E-state index in [1.165, 1.54) is 31.2 Å². The van der Waals surface area contributed by atoms with E-state index in [4.69, 9.17) is 16.7 Å². The molecule has 0 fully saturated rings. The van der Waals surface area contributed by atoms with E-state index >= 15 is 0 Å². The van der Waals surface area contributed by atoms with E-state index in [0.29, 0.717) is 10.6 Å². The van der Waals surface area contributed by atoms with E-state index in [1.807, 2.05) is 5.32 Å². The molecule has 1 rings (SSSR count). The number of hydrogen-bond acceptors (Lipinski definition) is 3. The molecular weight excluding hydrogens is 274 g/mol. The maximum absolute atomic E-state index is 11.6. The Morgan fingerprint density at radius 2 is 1.74 bits per heavy atom. The van der Waals surface area contributed by atoms with E-state index < -0.39 is 23.9 Å². The molecule has 1 aromatic rings. The Balaban J connectivity index is 2.48. The average Bonchev–Trinajstić information content (AvgIpc) is 2.35. The number of carbonyl (C=O) groups excluding carboxylic acids is 2. The summed E-state index contributed by atoms with van der Waals surface area (Å²) in [5.41, 5.74) is 4.57. The van der Waals surface area contributed by atoms with Gasteiger partial charge in [-0.25, -0.2) is 4.79 Å². The highest BCUT2D eigenvalue weighted by atomic mass is 35.5. The highest BCUT2D eigenvalue weighted by Gasteiger charge is 2.15. The minimum absolute atomic E-state index is 0.309. The molecule has 0 aliphatic heterocycles. The molecule has 0 aliphatic carbocycles. The standard InChI is InChI=1S/C11H12ClN3O4/c1-6(13-11(18)19)9(16)14-15-10(17)7-2-4-8(12)5-3-7/h2-6,13H,1H3,(H,14,16)(H,15,17)(H,18,19). The normalized spacial score (nSPS) is 11.3. The predicted molar refractivity (Wildman–Crippen MR) is 67.7 cm³/mol. The first-order valence-corrected chi connectivity index (χ1v) is 5.63. The van der Waals surface area contributed by atoms with Crippen LogP contribution in [0, 0.1) is 0 Å². The van der Waals surface area contributed by atoms with Crippen LogP contribution >= 0.6 is 11.6 Å². The number of halogens is 1. The maximum Gasteiger partial charge on any atom is 0.405 e. The Morgan fingerprint density at radius 3 is 2.26 bits per heavy atom. The molecule has 1 unspecified atom stereocenters. The van der Waals surface area contributed by atoms with Crippen molar-refractivity contribution in [3.63, 3.8) is 0 Å². The summed E-state index contributed by atoms with van der Waals surface area (Å²) in [7, 11) is 0. The van der Waals surface area contributed by atoms with E-state index in [2.05, 4.69) is 10.9 Å². The van der Waals surface area contributed by atoms with Crippen LogP contribution in [0.2, 0.25) is 5.02 Å². The van der Waals surface area contributed by atoms with Gasteiger partial charge < -0.3 is 10.4 Å². The minimum atomic E-state index is -1.33. The smallest absolute Gasteiger partial charge is 0.405 e. The summed E-state index contributed by atoms with van der Waals surface area (Å²) in [6.45, 7) is 1.35. The fraction of sp³-hybridized carbons (Fsp3) is 0.182. The maximum atomic E-state index is 11.6. The Kier molecular flexibility index (Phi) is 5.13. The fourth-order valence-electron chi connectivity index (χ4n) is 1.15. The predicted octanol–water partition coefficient (Wildman–Crippen LogP) is 0.757. The van der Waals surface area contributed by atoms with Crippen molar-refractivity contribution in [1.29, 1.82) is 0 Å². The van der Waals surface area contributed by atoms with E-state index in [-0.39, 0.29) is 0 Å². The second-order valence-corrected chi connectivity index (χ2v) is 4.06. The average molecular weight is 286 g/mol. The van der Waals surface area contributed by atoms with Crippen molar-refractivity contribution in [2.24, 2.45) is 0 Å². The summed E-state index contributed by atoms with van der Waals surface area (Å²) < 4.78 is 0. The summed E-state index contributed by atoms with van der Waals surface area (Å²) in [5.74, 6) is -1.21. The van der Waals surface area contributed by atoms with Crippen LogP contribution in [0.3, 0.4) is 0 Å². The van der Waals surface area contributed by atoms with Crippen molar-refractivity contribution >= 4 is 29.5 Å². The van der Waals surface area contributed by atoms with Gasteiger partial charge in [0.2, 0.25) is 0 Å². The summed E-state index contributed by atoms with van der Waals surface area (Å²) >= 11 is 5.67. The van der Waals surface area contributed by atoms with Gasteiger partial charge in [-0.05, 0) is 31.2 Å². The quantitative estimate of drug-likeness (QED) is 0.615. The zero-order valence-electron chi connectivity index (χ0n) is 9.94. The third-order valence-corrected chi connectivity index (χ3v) is 2.39. The molecule has 0 aromatic heterocycles. The molecule has 102 valence electrons. The van der Waals surface area contributed by atoms with Crippen LogP contribution in [-0.4, -0.2) is 29.1 Å². The second-order valence-electron chi connectivity index (χ2n) is 3.62. The van der Waals surface area contributed by atoms with E-state index in [9.17, 15) is 14.4 Å². The minimum Gasteiger partial charge on any atom is -0.465 e.